The monoisotopic (exact) mass is 504 g/mol. The summed E-state index contributed by atoms with van der Waals surface area (Å²) >= 11 is 0. The van der Waals surface area contributed by atoms with Crippen LogP contribution in [0.4, 0.5) is 0 Å². The molecule has 2 aliphatic heterocycles. The maximum atomic E-state index is 12.9. The van der Waals surface area contributed by atoms with Crippen molar-refractivity contribution in [2.24, 2.45) is 11.5 Å². The smallest absolute Gasteiger partial charge is 0.338 e. The number of benzene rings is 2. The van der Waals surface area contributed by atoms with Gasteiger partial charge in [-0.05, 0) is 31.5 Å². The molecule has 4 rings (SSSR count). The van der Waals surface area contributed by atoms with Gasteiger partial charge in [0.2, 0.25) is 25.1 Å². The van der Waals surface area contributed by atoms with Crippen molar-refractivity contribution in [3.8, 4) is 45.6 Å². The highest BCUT2D eigenvalue weighted by Crippen LogP contribution is 2.56. The number of methoxy groups -OCH3 is 3. The Morgan fingerprint density at radius 1 is 0.917 bits per heavy atom. The first kappa shape index (κ1) is 25.2. The van der Waals surface area contributed by atoms with Gasteiger partial charge in [0.05, 0.1) is 26.9 Å². The molecule has 1 atom stereocenters. The summed E-state index contributed by atoms with van der Waals surface area (Å²) in [6, 6.07) is 2.29. The molecule has 0 spiro atoms. The minimum absolute atomic E-state index is 0.0881. The predicted molar refractivity (Wildman–Crippen MR) is 125 cm³/mol. The highest BCUT2D eigenvalue weighted by Gasteiger charge is 2.36. The third kappa shape index (κ3) is 4.52. The van der Waals surface area contributed by atoms with Crippen molar-refractivity contribution in [3.63, 3.8) is 0 Å². The van der Waals surface area contributed by atoms with Crippen LogP contribution in [0.15, 0.2) is 12.1 Å². The summed E-state index contributed by atoms with van der Waals surface area (Å²) in [5.41, 5.74) is 12.7. The van der Waals surface area contributed by atoms with Gasteiger partial charge in [-0.15, -0.1) is 0 Å². The Morgan fingerprint density at radius 2 is 1.50 bits per heavy atom. The van der Waals surface area contributed by atoms with E-state index in [1.165, 1.54) is 27.4 Å². The van der Waals surface area contributed by atoms with Gasteiger partial charge in [-0.25, -0.2) is 4.79 Å². The van der Waals surface area contributed by atoms with E-state index in [-0.39, 0.29) is 43.0 Å². The molecule has 4 N–H and O–H groups in total. The normalized spacial score (nSPS) is 13.8. The molecule has 0 saturated carbocycles. The fraction of sp³-hybridized carbons (Fsp3) is 0.417. The van der Waals surface area contributed by atoms with Gasteiger partial charge in [0, 0.05) is 16.7 Å². The number of fused-ring (bicyclic) bond motifs is 2. The molecule has 0 fully saturated rings. The largest absolute Gasteiger partial charge is 0.493 e. The third-order valence-electron chi connectivity index (χ3n) is 5.79. The zero-order valence-corrected chi connectivity index (χ0v) is 20.2. The summed E-state index contributed by atoms with van der Waals surface area (Å²) in [5, 5.41) is 0. The molecule has 2 aliphatic rings. The van der Waals surface area contributed by atoms with E-state index in [0.29, 0.717) is 53.3 Å². The minimum Gasteiger partial charge on any atom is -0.493 e. The second-order valence-corrected chi connectivity index (χ2v) is 7.88. The Morgan fingerprint density at radius 3 is 2.08 bits per heavy atom. The number of carbonyl (C=O) groups is 2. The molecule has 0 aliphatic carbocycles. The fourth-order valence-electron chi connectivity index (χ4n) is 4.05. The average molecular weight is 504 g/mol. The second kappa shape index (κ2) is 10.8. The number of carbonyl (C=O) groups excluding carboxylic acids is 2. The van der Waals surface area contributed by atoms with Gasteiger partial charge >= 0.3 is 11.9 Å². The molecule has 2 heterocycles. The van der Waals surface area contributed by atoms with Gasteiger partial charge in [0.1, 0.15) is 12.6 Å². The first-order valence-electron chi connectivity index (χ1n) is 11.2. The van der Waals surface area contributed by atoms with Crippen molar-refractivity contribution >= 4 is 11.9 Å². The number of hydrogen-bond acceptors (Lipinski definition) is 12. The number of rotatable bonds is 10. The molecule has 0 aromatic heterocycles. The molecule has 194 valence electrons. The van der Waals surface area contributed by atoms with E-state index in [9.17, 15) is 9.59 Å². The van der Waals surface area contributed by atoms with Crippen LogP contribution in [-0.2, 0) is 20.9 Å². The summed E-state index contributed by atoms with van der Waals surface area (Å²) in [6.45, 7) is 0.0136. The molecule has 36 heavy (non-hydrogen) atoms. The predicted octanol–water partition coefficient (Wildman–Crippen LogP) is 1.72. The van der Waals surface area contributed by atoms with Crippen molar-refractivity contribution in [2.45, 2.75) is 25.5 Å². The Hall–Kier alpha value is -3.90. The van der Waals surface area contributed by atoms with E-state index in [1.807, 2.05) is 0 Å². The molecule has 0 bridgehead atoms. The molecule has 0 radical (unpaired) electrons. The highest BCUT2D eigenvalue weighted by atomic mass is 16.7. The molecule has 0 amide bonds. The van der Waals surface area contributed by atoms with Crippen LogP contribution in [0.1, 0.15) is 28.8 Å². The number of hydrogen-bond donors (Lipinski definition) is 2. The van der Waals surface area contributed by atoms with Crippen LogP contribution in [0.5, 0.6) is 34.5 Å². The van der Waals surface area contributed by atoms with Gasteiger partial charge in [0.15, 0.2) is 23.0 Å². The van der Waals surface area contributed by atoms with Crippen LogP contribution < -0.4 is 39.9 Å². The zero-order valence-electron chi connectivity index (χ0n) is 20.2. The van der Waals surface area contributed by atoms with E-state index in [0.717, 1.165) is 0 Å². The van der Waals surface area contributed by atoms with Gasteiger partial charge in [-0.1, -0.05) is 0 Å². The Balaban J connectivity index is 1.89. The zero-order chi connectivity index (χ0) is 25.8. The molecule has 2 aromatic carbocycles. The van der Waals surface area contributed by atoms with Gasteiger partial charge in [0.25, 0.3) is 0 Å². The SMILES string of the molecule is COC(=O)c1cc(OC)c2c(c1-c1c(COC(=O)C(N)CCCN)cc(OC)c3c1OCO3)OCO2. The van der Waals surface area contributed by atoms with Crippen molar-refractivity contribution in [2.75, 3.05) is 41.5 Å². The van der Waals surface area contributed by atoms with Gasteiger partial charge in [-0.3, -0.25) is 4.79 Å². The first-order valence-corrected chi connectivity index (χ1v) is 11.2. The number of esters is 2. The standard InChI is InChI=1S/C24H28N2O10/c1-29-15-7-12(9-32-24(28)14(26)5-4-6-25)17(21-19(15)33-10-35-21)18-13(23(27)31-3)8-16(30-2)20-22(18)36-11-34-20/h7-8,14H,4-6,9-11,25-26H2,1-3H3. The Labute approximate surface area is 207 Å². The maximum Gasteiger partial charge on any atom is 0.338 e. The third-order valence-corrected chi connectivity index (χ3v) is 5.79. The molecule has 12 heteroatoms. The molecule has 2 aromatic rings. The van der Waals surface area contributed by atoms with Gasteiger partial charge < -0.3 is 49.4 Å². The van der Waals surface area contributed by atoms with E-state index < -0.39 is 18.0 Å². The van der Waals surface area contributed by atoms with Crippen LogP contribution in [0.2, 0.25) is 0 Å². The molecule has 0 saturated heterocycles. The lowest BCUT2D eigenvalue weighted by Crippen LogP contribution is -2.32. The molecular formula is C24H28N2O10. The number of ether oxygens (including phenoxy) is 8. The molecule has 1 unspecified atom stereocenters. The highest BCUT2D eigenvalue weighted by molar-refractivity contribution is 6.03. The number of nitrogens with two attached hydrogens (primary N) is 2. The summed E-state index contributed by atoms with van der Waals surface area (Å²) in [7, 11) is 4.17. The molecule has 12 nitrogen and oxygen atoms in total. The summed E-state index contributed by atoms with van der Waals surface area (Å²) in [4.78, 5) is 25.4. The van der Waals surface area contributed by atoms with Crippen LogP contribution >= 0.6 is 0 Å². The van der Waals surface area contributed by atoms with Crippen LogP contribution in [0.3, 0.4) is 0 Å². The summed E-state index contributed by atoms with van der Waals surface area (Å²) in [6.07, 6.45) is 0.966. The Bertz CT molecular complexity index is 1170. The minimum atomic E-state index is -0.833. The lowest BCUT2D eigenvalue weighted by atomic mass is 9.92. The van der Waals surface area contributed by atoms with Crippen molar-refractivity contribution in [1.29, 1.82) is 0 Å². The van der Waals surface area contributed by atoms with Crippen LogP contribution in [-0.4, -0.2) is 59.4 Å². The fourth-order valence-corrected chi connectivity index (χ4v) is 4.05. The average Bonchev–Trinajstić information content (AvgIpc) is 3.59. The molecular weight excluding hydrogens is 476 g/mol. The van der Waals surface area contributed by atoms with E-state index in [1.54, 1.807) is 6.07 Å². The van der Waals surface area contributed by atoms with E-state index >= 15 is 0 Å². The van der Waals surface area contributed by atoms with Gasteiger partial charge in [-0.2, -0.15) is 0 Å². The van der Waals surface area contributed by atoms with E-state index in [2.05, 4.69) is 0 Å². The van der Waals surface area contributed by atoms with Crippen molar-refractivity contribution in [1.82, 2.24) is 0 Å². The quantitative estimate of drug-likeness (QED) is 0.452. The topological polar surface area (TPSA) is 160 Å². The second-order valence-electron chi connectivity index (χ2n) is 7.88. The summed E-state index contributed by atoms with van der Waals surface area (Å²) < 4.78 is 44.2. The Kier molecular flexibility index (Phi) is 7.55. The van der Waals surface area contributed by atoms with Crippen LogP contribution in [0, 0.1) is 0 Å². The lowest BCUT2D eigenvalue weighted by Gasteiger charge is -2.20. The van der Waals surface area contributed by atoms with Crippen molar-refractivity contribution in [3.05, 3.63) is 23.3 Å². The maximum absolute atomic E-state index is 12.9. The summed E-state index contributed by atoms with van der Waals surface area (Å²) in [5.74, 6) is 0.526. The lowest BCUT2D eigenvalue weighted by molar-refractivity contribution is -0.146. The first-order chi connectivity index (χ1) is 17.4. The van der Waals surface area contributed by atoms with Crippen LogP contribution in [0.25, 0.3) is 11.1 Å². The van der Waals surface area contributed by atoms with Crippen molar-refractivity contribution < 1.29 is 47.5 Å². The van der Waals surface area contributed by atoms with E-state index in [4.69, 9.17) is 49.4 Å².